The van der Waals surface area contributed by atoms with Crippen molar-refractivity contribution in [2.45, 2.75) is 26.8 Å². The average molecular weight is 238 g/mol. The normalized spacial score (nSPS) is 10.8. The molecule has 0 saturated heterocycles. The van der Waals surface area contributed by atoms with Crippen molar-refractivity contribution in [2.24, 2.45) is 13.0 Å². The summed E-state index contributed by atoms with van der Waals surface area (Å²) in [6, 6.07) is 0. The fourth-order valence-corrected chi connectivity index (χ4v) is 1.45. The molecule has 0 fully saturated rings. The molecule has 0 aliphatic heterocycles. The molecule has 5 heteroatoms. The zero-order valence-corrected chi connectivity index (χ0v) is 10.9. The first-order valence-electron chi connectivity index (χ1n) is 6.03. The summed E-state index contributed by atoms with van der Waals surface area (Å²) < 4.78 is 1.75. The van der Waals surface area contributed by atoms with Crippen LogP contribution in [0.2, 0.25) is 0 Å². The maximum Gasteiger partial charge on any atom is 0.233 e. The number of amides is 1. The number of nitrogens with zero attached hydrogens (tertiary/aromatic N) is 2. The van der Waals surface area contributed by atoms with Crippen LogP contribution in [-0.4, -0.2) is 28.8 Å². The van der Waals surface area contributed by atoms with Gasteiger partial charge in [-0.15, -0.1) is 0 Å². The molecular weight excluding hydrogens is 216 g/mol. The summed E-state index contributed by atoms with van der Waals surface area (Å²) in [5.41, 5.74) is 1.09. The van der Waals surface area contributed by atoms with Gasteiger partial charge in [0, 0.05) is 31.9 Å². The largest absolute Gasteiger partial charge is 0.355 e. The van der Waals surface area contributed by atoms with Gasteiger partial charge < -0.3 is 10.6 Å². The zero-order chi connectivity index (χ0) is 12.7. The molecule has 1 amide bonds. The first kappa shape index (κ1) is 13.7. The van der Waals surface area contributed by atoms with E-state index in [0.29, 0.717) is 19.0 Å². The first-order valence-corrected chi connectivity index (χ1v) is 6.03. The fraction of sp³-hybridized carbons (Fsp3) is 0.667. The van der Waals surface area contributed by atoms with Gasteiger partial charge in [-0.25, -0.2) is 0 Å². The molecule has 0 bridgehead atoms. The van der Waals surface area contributed by atoms with E-state index in [1.807, 2.05) is 13.2 Å². The molecule has 1 rings (SSSR count). The summed E-state index contributed by atoms with van der Waals surface area (Å²) in [6.45, 7) is 6.07. The molecule has 0 aliphatic carbocycles. The third kappa shape index (κ3) is 6.06. The standard InChI is InChI=1S/C12H22N4O/c1-10(2)4-5-14-12(17)8-13-6-11-7-15-16(3)9-11/h7,9-10,13H,4-6,8H2,1-3H3,(H,14,17). The first-order chi connectivity index (χ1) is 8.08. The lowest BCUT2D eigenvalue weighted by atomic mass is 10.1. The van der Waals surface area contributed by atoms with Gasteiger partial charge in [-0.05, 0) is 12.3 Å². The molecule has 0 atom stereocenters. The lowest BCUT2D eigenvalue weighted by molar-refractivity contribution is -0.120. The lowest BCUT2D eigenvalue weighted by Gasteiger charge is -2.07. The van der Waals surface area contributed by atoms with Crippen LogP contribution in [0, 0.1) is 5.92 Å². The summed E-state index contributed by atoms with van der Waals surface area (Å²) in [7, 11) is 1.88. The molecule has 1 aromatic rings. The van der Waals surface area contributed by atoms with Gasteiger partial charge in [0.25, 0.3) is 0 Å². The number of rotatable bonds is 7. The molecule has 1 aromatic heterocycles. The Labute approximate surface area is 103 Å². The van der Waals surface area contributed by atoms with E-state index in [1.54, 1.807) is 10.9 Å². The third-order valence-electron chi connectivity index (χ3n) is 2.42. The van der Waals surface area contributed by atoms with Crippen LogP contribution in [0.4, 0.5) is 0 Å². The molecule has 0 radical (unpaired) electrons. The number of carbonyl (C=O) groups excluding carboxylic acids is 1. The van der Waals surface area contributed by atoms with E-state index >= 15 is 0 Å². The van der Waals surface area contributed by atoms with Crippen LogP contribution < -0.4 is 10.6 Å². The van der Waals surface area contributed by atoms with Crippen molar-refractivity contribution in [2.75, 3.05) is 13.1 Å². The van der Waals surface area contributed by atoms with Gasteiger partial charge in [0.05, 0.1) is 12.7 Å². The van der Waals surface area contributed by atoms with Crippen LogP contribution in [-0.2, 0) is 18.4 Å². The Balaban J connectivity index is 2.08. The van der Waals surface area contributed by atoms with Crippen LogP contribution >= 0.6 is 0 Å². The second-order valence-electron chi connectivity index (χ2n) is 4.66. The van der Waals surface area contributed by atoms with Crippen LogP contribution in [0.25, 0.3) is 0 Å². The maximum absolute atomic E-state index is 11.4. The Morgan fingerprint density at radius 2 is 2.29 bits per heavy atom. The molecule has 17 heavy (non-hydrogen) atoms. The maximum atomic E-state index is 11.4. The van der Waals surface area contributed by atoms with Gasteiger partial charge >= 0.3 is 0 Å². The van der Waals surface area contributed by atoms with Crippen molar-refractivity contribution >= 4 is 5.91 Å². The van der Waals surface area contributed by atoms with E-state index in [4.69, 9.17) is 0 Å². The minimum Gasteiger partial charge on any atom is -0.355 e. The van der Waals surface area contributed by atoms with E-state index in [1.165, 1.54) is 0 Å². The Kier molecular flexibility index (Phi) is 5.69. The van der Waals surface area contributed by atoms with Gasteiger partial charge in [-0.2, -0.15) is 5.10 Å². The Morgan fingerprint density at radius 3 is 2.88 bits per heavy atom. The van der Waals surface area contributed by atoms with Crippen LogP contribution in [0.3, 0.4) is 0 Å². The van der Waals surface area contributed by atoms with Gasteiger partial charge in [0.15, 0.2) is 0 Å². The predicted octanol–water partition coefficient (Wildman–Crippen LogP) is 0.672. The summed E-state index contributed by atoms with van der Waals surface area (Å²) in [5.74, 6) is 0.674. The van der Waals surface area contributed by atoms with E-state index in [2.05, 4.69) is 29.6 Å². The average Bonchev–Trinajstić information content (AvgIpc) is 2.63. The van der Waals surface area contributed by atoms with Crippen molar-refractivity contribution in [1.29, 1.82) is 0 Å². The number of carbonyl (C=O) groups is 1. The topological polar surface area (TPSA) is 59.0 Å². The Hall–Kier alpha value is -1.36. The van der Waals surface area contributed by atoms with Crippen LogP contribution in [0.5, 0.6) is 0 Å². The highest BCUT2D eigenvalue weighted by atomic mass is 16.1. The molecule has 0 saturated carbocycles. The summed E-state index contributed by atoms with van der Waals surface area (Å²) in [4.78, 5) is 11.4. The van der Waals surface area contributed by atoms with Crippen molar-refractivity contribution in [3.05, 3.63) is 18.0 Å². The molecule has 0 aliphatic rings. The monoisotopic (exact) mass is 238 g/mol. The van der Waals surface area contributed by atoms with E-state index in [9.17, 15) is 4.79 Å². The summed E-state index contributed by atoms with van der Waals surface area (Å²) in [6.07, 6.45) is 4.75. The molecule has 1 heterocycles. The van der Waals surface area contributed by atoms with Crippen molar-refractivity contribution in [3.8, 4) is 0 Å². The molecule has 5 nitrogen and oxygen atoms in total. The Morgan fingerprint density at radius 1 is 1.53 bits per heavy atom. The molecule has 2 N–H and O–H groups in total. The van der Waals surface area contributed by atoms with E-state index in [0.717, 1.165) is 18.5 Å². The fourth-order valence-electron chi connectivity index (χ4n) is 1.45. The smallest absolute Gasteiger partial charge is 0.233 e. The van der Waals surface area contributed by atoms with E-state index < -0.39 is 0 Å². The molecular formula is C12H22N4O. The molecule has 0 unspecified atom stereocenters. The van der Waals surface area contributed by atoms with Gasteiger partial charge in [0.1, 0.15) is 0 Å². The number of aromatic nitrogens is 2. The minimum absolute atomic E-state index is 0.0505. The lowest BCUT2D eigenvalue weighted by Crippen LogP contribution is -2.34. The van der Waals surface area contributed by atoms with Gasteiger partial charge in [-0.1, -0.05) is 13.8 Å². The number of aryl methyl sites for hydroxylation is 1. The zero-order valence-electron chi connectivity index (χ0n) is 10.9. The summed E-state index contributed by atoms with van der Waals surface area (Å²) in [5, 5.41) is 10.0. The second-order valence-corrected chi connectivity index (χ2v) is 4.66. The van der Waals surface area contributed by atoms with E-state index in [-0.39, 0.29) is 5.91 Å². The van der Waals surface area contributed by atoms with Crippen molar-refractivity contribution < 1.29 is 4.79 Å². The van der Waals surface area contributed by atoms with Crippen molar-refractivity contribution in [1.82, 2.24) is 20.4 Å². The molecule has 0 aromatic carbocycles. The second kappa shape index (κ2) is 7.06. The van der Waals surface area contributed by atoms with Crippen LogP contribution in [0.15, 0.2) is 12.4 Å². The number of nitrogens with one attached hydrogen (secondary N) is 2. The molecule has 0 spiro atoms. The molecule has 96 valence electrons. The highest BCUT2D eigenvalue weighted by Crippen LogP contribution is 1.96. The van der Waals surface area contributed by atoms with Gasteiger partial charge in [0.2, 0.25) is 5.91 Å². The number of hydrogen-bond acceptors (Lipinski definition) is 3. The van der Waals surface area contributed by atoms with Crippen molar-refractivity contribution in [3.63, 3.8) is 0 Å². The quantitative estimate of drug-likeness (QED) is 0.734. The minimum atomic E-state index is 0.0505. The SMILES string of the molecule is CC(C)CCNC(=O)CNCc1cnn(C)c1. The Bertz CT molecular complexity index is 346. The highest BCUT2D eigenvalue weighted by molar-refractivity contribution is 5.77. The van der Waals surface area contributed by atoms with Crippen LogP contribution in [0.1, 0.15) is 25.8 Å². The highest BCUT2D eigenvalue weighted by Gasteiger charge is 2.01. The van der Waals surface area contributed by atoms with Gasteiger partial charge in [-0.3, -0.25) is 9.48 Å². The summed E-state index contributed by atoms with van der Waals surface area (Å²) >= 11 is 0. The third-order valence-corrected chi connectivity index (χ3v) is 2.42. The number of hydrogen-bond donors (Lipinski definition) is 2. The predicted molar refractivity (Wildman–Crippen MR) is 67.4 cm³/mol.